The number of allylic oxidation sites excluding steroid dienone is 1. The van der Waals surface area contributed by atoms with Crippen LogP contribution in [0.3, 0.4) is 0 Å². The Labute approximate surface area is 93.3 Å². The lowest BCUT2D eigenvalue weighted by atomic mass is 10.2. The molecule has 1 saturated heterocycles. The number of hydrogen-bond acceptors (Lipinski definition) is 4. The topological polar surface area (TPSA) is 78.2 Å². The van der Waals surface area contributed by atoms with Gasteiger partial charge >= 0.3 is 6.03 Å². The van der Waals surface area contributed by atoms with Gasteiger partial charge in [0, 0.05) is 0 Å². The van der Waals surface area contributed by atoms with Crippen LogP contribution in [-0.4, -0.2) is 36.6 Å². The number of rotatable bonds is 2. The van der Waals surface area contributed by atoms with E-state index in [0.29, 0.717) is 18.2 Å². The highest BCUT2D eigenvalue weighted by molar-refractivity contribution is 6.25. The summed E-state index contributed by atoms with van der Waals surface area (Å²) in [6.45, 7) is 4.54. The van der Waals surface area contributed by atoms with E-state index in [1.54, 1.807) is 0 Å². The molecule has 2 amide bonds. The third-order valence-electron chi connectivity index (χ3n) is 2.17. The van der Waals surface area contributed by atoms with Crippen LogP contribution < -0.4 is 10.6 Å². The van der Waals surface area contributed by atoms with Crippen LogP contribution in [0.1, 0.15) is 13.8 Å². The molecule has 84 valence electrons. The first-order valence-electron chi connectivity index (χ1n) is 5.02. The van der Waals surface area contributed by atoms with Gasteiger partial charge in [-0.2, -0.15) is 0 Å². The van der Waals surface area contributed by atoms with E-state index in [1.165, 1.54) is 11.9 Å². The molecule has 0 radical (unpaired) electrons. The Balaban J connectivity index is 2.13. The lowest BCUT2D eigenvalue weighted by Gasteiger charge is -2.21. The fraction of sp³-hybridized carbons (Fsp3) is 0.400. The van der Waals surface area contributed by atoms with E-state index in [0.717, 1.165) is 0 Å². The van der Waals surface area contributed by atoms with Gasteiger partial charge in [0.2, 0.25) is 0 Å². The third kappa shape index (κ3) is 2.16. The van der Waals surface area contributed by atoms with E-state index < -0.39 is 0 Å². The zero-order valence-electron chi connectivity index (χ0n) is 9.19. The highest BCUT2D eigenvalue weighted by Gasteiger charge is 2.31. The summed E-state index contributed by atoms with van der Waals surface area (Å²) in [6, 6.07) is -0.584. The lowest BCUT2D eigenvalue weighted by Crippen LogP contribution is -2.57. The molecule has 16 heavy (non-hydrogen) atoms. The number of fused-ring (bicyclic) bond motifs is 1. The van der Waals surface area contributed by atoms with Gasteiger partial charge < -0.3 is 0 Å². The zero-order chi connectivity index (χ0) is 11.5. The van der Waals surface area contributed by atoms with Crippen molar-refractivity contribution in [3.8, 4) is 0 Å². The summed E-state index contributed by atoms with van der Waals surface area (Å²) in [5, 5.41) is 5.22. The molecule has 0 aromatic rings. The molecule has 0 saturated carbocycles. The Hall–Kier alpha value is -1.98. The van der Waals surface area contributed by atoms with Crippen LogP contribution >= 0.6 is 0 Å². The minimum atomic E-state index is -0.309. The Bertz CT molecular complexity index is 428. The quantitative estimate of drug-likeness (QED) is 0.651. The third-order valence-corrected chi connectivity index (χ3v) is 2.17. The molecule has 2 aliphatic heterocycles. The average Bonchev–Trinajstić information content (AvgIpc) is 2.64. The van der Waals surface area contributed by atoms with Gasteiger partial charge in [0.25, 0.3) is 0 Å². The first-order chi connectivity index (χ1) is 7.66. The van der Waals surface area contributed by atoms with Crippen LogP contribution in [0.15, 0.2) is 26.6 Å². The van der Waals surface area contributed by atoms with E-state index in [2.05, 4.69) is 25.6 Å². The SMILES string of the molecule is CC(C)=CCN=C1NC(=O)NC2=NC=NC21. The van der Waals surface area contributed by atoms with Gasteiger partial charge in [-0.25, -0.2) is 9.79 Å². The van der Waals surface area contributed by atoms with Crippen molar-refractivity contribution < 1.29 is 4.79 Å². The normalized spacial score (nSPS) is 24.6. The summed E-state index contributed by atoms with van der Waals surface area (Å²) < 4.78 is 0. The Morgan fingerprint density at radius 3 is 3.12 bits per heavy atom. The predicted octanol–water partition coefficient (Wildman–Crippen LogP) is 0.473. The minimum Gasteiger partial charge on any atom is -0.294 e. The molecular weight excluding hydrogens is 206 g/mol. The standard InChI is InChI=1S/C10H13N5O/c1-6(2)3-4-11-8-7-9(13-5-12-7)15-10(16)14-8/h3,5,7H,4H2,1-2H3,(H2,11,12,13,14,15,16). The lowest BCUT2D eigenvalue weighted by molar-refractivity contribution is 0.248. The molecule has 0 bridgehead atoms. The Morgan fingerprint density at radius 2 is 2.38 bits per heavy atom. The monoisotopic (exact) mass is 219 g/mol. The number of hydrogen-bond donors (Lipinski definition) is 2. The second-order valence-electron chi connectivity index (χ2n) is 3.77. The van der Waals surface area contributed by atoms with Crippen molar-refractivity contribution in [2.45, 2.75) is 19.9 Å². The molecule has 2 aliphatic rings. The fourth-order valence-corrected chi connectivity index (χ4v) is 1.39. The van der Waals surface area contributed by atoms with Crippen molar-refractivity contribution in [3.05, 3.63) is 11.6 Å². The van der Waals surface area contributed by atoms with Crippen LogP contribution in [-0.2, 0) is 0 Å². The van der Waals surface area contributed by atoms with E-state index in [-0.39, 0.29) is 12.1 Å². The van der Waals surface area contributed by atoms with Gasteiger partial charge in [-0.15, -0.1) is 0 Å². The summed E-state index contributed by atoms with van der Waals surface area (Å²) in [7, 11) is 0. The van der Waals surface area contributed by atoms with Crippen LogP contribution in [0, 0.1) is 0 Å². The number of amidine groups is 2. The first kappa shape index (κ1) is 10.5. The highest BCUT2D eigenvalue weighted by atomic mass is 16.2. The summed E-state index contributed by atoms with van der Waals surface area (Å²) in [4.78, 5) is 23.6. The molecule has 0 aromatic carbocycles. The van der Waals surface area contributed by atoms with E-state index >= 15 is 0 Å². The van der Waals surface area contributed by atoms with Gasteiger partial charge in [-0.05, 0) is 13.8 Å². The summed E-state index contributed by atoms with van der Waals surface area (Å²) in [5.74, 6) is 1.09. The second-order valence-corrected chi connectivity index (χ2v) is 3.77. The highest BCUT2D eigenvalue weighted by Crippen LogP contribution is 2.05. The van der Waals surface area contributed by atoms with Crippen molar-refractivity contribution in [2.75, 3.05) is 6.54 Å². The number of nitrogens with zero attached hydrogens (tertiary/aromatic N) is 3. The number of aliphatic imine (C=N–C) groups is 3. The van der Waals surface area contributed by atoms with Crippen LogP contribution in [0.25, 0.3) is 0 Å². The zero-order valence-corrected chi connectivity index (χ0v) is 9.19. The van der Waals surface area contributed by atoms with Crippen LogP contribution in [0.2, 0.25) is 0 Å². The molecule has 0 aliphatic carbocycles. The number of carbonyl (C=O) groups is 1. The fourth-order valence-electron chi connectivity index (χ4n) is 1.39. The van der Waals surface area contributed by atoms with Gasteiger partial charge in [0.05, 0.1) is 6.54 Å². The Kier molecular flexibility index (Phi) is 2.80. The molecule has 1 fully saturated rings. The molecule has 2 heterocycles. The van der Waals surface area contributed by atoms with E-state index in [4.69, 9.17) is 0 Å². The number of urea groups is 1. The molecule has 6 nitrogen and oxygen atoms in total. The maximum Gasteiger partial charge on any atom is 0.325 e. The second kappa shape index (κ2) is 4.26. The van der Waals surface area contributed by atoms with Crippen molar-refractivity contribution in [3.63, 3.8) is 0 Å². The minimum absolute atomic E-state index is 0.275. The number of carbonyl (C=O) groups excluding carboxylic acids is 1. The Morgan fingerprint density at radius 1 is 1.56 bits per heavy atom. The molecule has 2 rings (SSSR count). The summed E-state index contributed by atoms with van der Waals surface area (Å²) in [6.07, 6.45) is 3.42. The smallest absolute Gasteiger partial charge is 0.294 e. The molecular formula is C10H13N5O. The van der Waals surface area contributed by atoms with Gasteiger partial charge in [0.1, 0.15) is 18.0 Å². The van der Waals surface area contributed by atoms with E-state index in [1.807, 2.05) is 19.9 Å². The molecule has 1 unspecified atom stereocenters. The maximum atomic E-state index is 11.3. The van der Waals surface area contributed by atoms with Crippen LogP contribution in [0.5, 0.6) is 0 Å². The molecule has 6 heteroatoms. The summed E-state index contributed by atoms with van der Waals surface area (Å²) in [5.41, 5.74) is 1.19. The van der Waals surface area contributed by atoms with E-state index in [9.17, 15) is 4.79 Å². The molecule has 2 N–H and O–H groups in total. The van der Waals surface area contributed by atoms with Gasteiger partial charge in [-0.1, -0.05) is 11.6 Å². The van der Waals surface area contributed by atoms with Crippen molar-refractivity contribution in [2.24, 2.45) is 15.0 Å². The number of amides is 2. The maximum absolute atomic E-state index is 11.3. The average molecular weight is 219 g/mol. The number of nitrogens with one attached hydrogen (secondary N) is 2. The first-order valence-corrected chi connectivity index (χ1v) is 5.02. The van der Waals surface area contributed by atoms with Crippen molar-refractivity contribution in [1.82, 2.24) is 10.6 Å². The van der Waals surface area contributed by atoms with Crippen molar-refractivity contribution >= 4 is 24.0 Å². The largest absolute Gasteiger partial charge is 0.325 e. The van der Waals surface area contributed by atoms with Gasteiger partial charge in [-0.3, -0.25) is 20.6 Å². The predicted molar refractivity (Wildman–Crippen MR) is 63.1 cm³/mol. The summed E-state index contributed by atoms with van der Waals surface area (Å²) >= 11 is 0. The van der Waals surface area contributed by atoms with Crippen molar-refractivity contribution in [1.29, 1.82) is 0 Å². The molecule has 1 atom stereocenters. The van der Waals surface area contributed by atoms with Crippen LogP contribution in [0.4, 0.5) is 4.79 Å². The molecule has 0 spiro atoms. The molecule has 0 aromatic heterocycles. The van der Waals surface area contributed by atoms with Gasteiger partial charge in [0.15, 0.2) is 6.04 Å².